The van der Waals surface area contributed by atoms with E-state index in [2.05, 4.69) is 46.8 Å². The van der Waals surface area contributed by atoms with Crippen molar-refractivity contribution < 1.29 is 9.53 Å². The number of hydrogen-bond acceptors (Lipinski definition) is 4. The number of carbonyl (C=O) groups excluding carboxylic acids is 1. The first-order valence-electron chi connectivity index (χ1n) is 9.53. The van der Waals surface area contributed by atoms with E-state index in [-0.39, 0.29) is 12.5 Å². The molecule has 2 aromatic carbocycles. The molecule has 1 heterocycles. The van der Waals surface area contributed by atoms with Crippen LogP contribution in [0.4, 0.5) is 0 Å². The quantitative estimate of drug-likeness (QED) is 0.494. The second-order valence-electron chi connectivity index (χ2n) is 7.13. The minimum absolute atomic E-state index is 0.0918. The van der Waals surface area contributed by atoms with Crippen LogP contribution in [0.2, 0.25) is 0 Å². The average Bonchev–Trinajstić information content (AvgIpc) is 2.95. The Morgan fingerprint density at radius 3 is 2.59 bits per heavy atom. The van der Waals surface area contributed by atoms with Crippen molar-refractivity contribution in [2.24, 2.45) is 5.10 Å². The van der Waals surface area contributed by atoms with E-state index in [1.807, 2.05) is 49.7 Å². The van der Waals surface area contributed by atoms with Crippen LogP contribution in [0.15, 0.2) is 53.6 Å². The Morgan fingerprint density at radius 2 is 1.86 bits per heavy atom. The van der Waals surface area contributed by atoms with Gasteiger partial charge in [0.2, 0.25) is 0 Å². The molecule has 0 radical (unpaired) electrons. The molecule has 1 amide bonds. The van der Waals surface area contributed by atoms with Gasteiger partial charge in [-0.2, -0.15) is 10.2 Å². The zero-order chi connectivity index (χ0) is 20.8. The van der Waals surface area contributed by atoms with Crippen LogP contribution in [0.1, 0.15) is 33.6 Å². The normalized spacial score (nSPS) is 11.0. The topological polar surface area (TPSA) is 68.5 Å². The van der Waals surface area contributed by atoms with E-state index in [4.69, 9.17) is 4.74 Å². The van der Waals surface area contributed by atoms with E-state index >= 15 is 0 Å². The molecule has 6 nitrogen and oxygen atoms in total. The maximum absolute atomic E-state index is 12.0. The highest BCUT2D eigenvalue weighted by molar-refractivity contribution is 5.84. The van der Waals surface area contributed by atoms with Gasteiger partial charge in [0.25, 0.3) is 5.91 Å². The van der Waals surface area contributed by atoms with Crippen LogP contribution >= 0.6 is 0 Å². The Hall–Kier alpha value is -3.41. The van der Waals surface area contributed by atoms with Crippen LogP contribution in [0.3, 0.4) is 0 Å². The third-order valence-electron chi connectivity index (χ3n) is 4.63. The third-order valence-corrected chi connectivity index (χ3v) is 4.63. The van der Waals surface area contributed by atoms with Gasteiger partial charge in [-0.25, -0.2) is 5.43 Å². The summed E-state index contributed by atoms with van der Waals surface area (Å²) < 4.78 is 7.42. The van der Waals surface area contributed by atoms with Crippen molar-refractivity contribution in [2.45, 2.75) is 34.2 Å². The number of amides is 1. The van der Waals surface area contributed by atoms with Crippen LogP contribution in [0, 0.1) is 27.7 Å². The Morgan fingerprint density at radius 1 is 1.10 bits per heavy atom. The summed E-state index contributed by atoms with van der Waals surface area (Å²) in [4.78, 5) is 12.0. The fraction of sp³-hybridized carbons (Fsp3) is 0.261. The zero-order valence-electron chi connectivity index (χ0n) is 17.3. The molecule has 0 atom stereocenters. The van der Waals surface area contributed by atoms with Crippen molar-refractivity contribution in [3.63, 3.8) is 0 Å². The van der Waals surface area contributed by atoms with Crippen molar-refractivity contribution in [3.8, 4) is 5.75 Å². The van der Waals surface area contributed by atoms with Crippen molar-refractivity contribution in [1.82, 2.24) is 15.2 Å². The Labute approximate surface area is 171 Å². The number of nitrogens with zero attached hydrogens (tertiary/aromatic N) is 3. The maximum atomic E-state index is 12.0. The molecule has 150 valence electrons. The lowest BCUT2D eigenvalue weighted by molar-refractivity contribution is -0.123. The molecule has 3 aromatic rings. The van der Waals surface area contributed by atoms with Gasteiger partial charge in [-0.05, 0) is 51.0 Å². The summed E-state index contributed by atoms with van der Waals surface area (Å²) >= 11 is 0. The molecule has 0 aliphatic carbocycles. The number of aromatic nitrogens is 2. The van der Waals surface area contributed by atoms with Crippen molar-refractivity contribution in [1.29, 1.82) is 0 Å². The molecule has 0 spiro atoms. The molecule has 0 unspecified atom stereocenters. The molecule has 3 rings (SSSR count). The van der Waals surface area contributed by atoms with Crippen LogP contribution < -0.4 is 10.2 Å². The van der Waals surface area contributed by atoms with Gasteiger partial charge >= 0.3 is 0 Å². The Balaban J connectivity index is 1.58. The summed E-state index contributed by atoms with van der Waals surface area (Å²) in [5.41, 5.74) is 8.76. The van der Waals surface area contributed by atoms with E-state index in [1.54, 1.807) is 6.21 Å². The smallest absolute Gasteiger partial charge is 0.277 e. The summed E-state index contributed by atoms with van der Waals surface area (Å²) in [5, 5.41) is 8.67. The average molecular weight is 390 g/mol. The number of hydrogen-bond donors (Lipinski definition) is 1. The molecule has 0 saturated carbocycles. The van der Waals surface area contributed by atoms with Crippen LogP contribution in [0.25, 0.3) is 0 Å². The second-order valence-corrected chi connectivity index (χ2v) is 7.13. The van der Waals surface area contributed by atoms with Gasteiger partial charge < -0.3 is 4.74 Å². The largest absolute Gasteiger partial charge is 0.484 e. The highest BCUT2D eigenvalue weighted by atomic mass is 16.5. The molecular weight excluding hydrogens is 364 g/mol. The van der Waals surface area contributed by atoms with Crippen LogP contribution in [-0.2, 0) is 11.3 Å². The van der Waals surface area contributed by atoms with E-state index in [9.17, 15) is 4.79 Å². The monoisotopic (exact) mass is 390 g/mol. The van der Waals surface area contributed by atoms with Gasteiger partial charge in [0.15, 0.2) is 6.61 Å². The number of nitrogens with one attached hydrogen (secondary N) is 1. The van der Waals surface area contributed by atoms with E-state index in [1.165, 1.54) is 11.1 Å². The lowest BCUT2D eigenvalue weighted by Gasteiger charge is -2.06. The van der Waals surface area contributed by atoms with E-state index in [0.717, 1.165) is 22.5 Å². The second kappa shape index (κ2) is 9.19. The van der Waals surface area contributed by atoms with Gasteiger partial charge in [-0.1, -0.05) is 42.0 Å². The lowest BCUT2D eigenvalue weighted by atomic mass is 10.1. The van der Waals surface area contributed by atoms with Crippen molar-refractivity contribution in [3.05, 3.63) is 82.2 Å². The zero-order valence-corrected chi connectivity index (χ0v) is 17.3. The fourth-order valence-electron chi connectivity index (χ4n) is 2.97. The Bertz CT molecular complexity index is 1020. The van der Waals surface area contributed by atoms with Gasteiger partial charge in [-0.15, -0.1) is 0 Å². The van der Waals surface area contributed by atoms with Crippen LogP contribution in [-0.4, -0.2) is 28.5 Å². The SMILES string of the molecule is Cc1ccc(Cn2nc(C)c(/C=N\NC(=O)COc3cccc(C)c3)c2C)cc1. The number of ether oxygens (including phenoxy) is 1. The molecule has 0 aliphatic rings. The highest BCUT2D eigenvalue weighted by Crippen LogP contribution is 2.14. The number of rotatable bonds is 7. The Kier molecular flexibility index (Phi) is 6.44. The summed E-state index contributed by atoms with van der Waals surface area (Å²) in [7, 11) is 0. The molecule has 0 aliphatic heterocycles. The number of benzene rings is 2. The highest BCUT2D eigenvalue weighted by Gasteiger charge is 2.10. The van der Waals surface area contributed by atoms with Gasteiger partial charge in [0, 0.05) is 11.3 Å². The van der Waals surface area contributed by atoms with E-state index in [0.29, 0.717) is 12.3 Å². The molecular formula is C23H26N4O2. The standard InChI is InChI=1S/C23H26N4O2/c1-16-8-10-20(11-9-16)14-27-19(4)22(18(3)26-27)13-24-25-23(28)15-29-21-7-5-6-17(2)12-21/h5-13H,14-15H2,1-4H3,(H,25,28)/b24-13-. The van der Waals surface area contributed by atoms with Crippen LogP contribution in [0.5, 0.6) is 5.75 Å². The summed E-state index contributed by atoms with van der Waals surface area (Å²) in [6.07, 6.45) is 1.63. The summed E-state index contributed by atoms with van der Waals surface area (Å²) in [6, 6.07) is 16.0. The first kappa shape index (κ1) is 20.3. The first-order valence-corrected chi connectivity index (χ1v) is 9.53. The maximum Gasteiger partial charge on any atom is 0.277 e. The molecule has 1 N–H and O–H groups in total. The molecule has 0 saturated heterocycles. The van der Waals surface area contributed by atoms with Crippen molar-refractivity contribution in [2.75, 3.05) is 6.61 Å². The van der Waals surface area contributed by atoms with Gasteiger partial charge in [0.05, 0.1) is 18.5 Å². The molecule has 6 heteroatoms. The van der Waals surface area contributed by atoms with Crippen molar-refractivity contribution >= 4 is 12.1 Å². The minimum Gasteiger partial charge on any atom is -0.484 e. The number of carbonyl (C=O) groups is 1. The first-order chi connectivity index (χ1) is 13.9. The van der Waals surface area contributed by atoms with Gasteiger partial charge in [0.1, 0.15) is 5.75 Å². The van der Waals surface area contributed by atoms with Gasteiger partial charge in [-0.3, -0.25) is 9.48 Å². The lowest BCUT2D eigenvalue weighted by Crippen LogP contribution is -2.24. The number of aryl methyl sites for hydroxylation is 3. The molecule has 0 fully saturated rings. The minimum atomic E-state index is -0.315. The fourth-order valence-corrected chi connectivity index (χ4v) is 2.97. The third kappa shape index (κ3) is 5.54. The predicted molar refractivity (Wildman–Crippen MR) is 114 cm³/mol. The summed E-state index contributed by atoms with van der Waals surface area (Å²) in [6.45, 7) is 8.58. The number of hydrazone groups is 1. The molecule has 1 aromatic heterocycles. The summed E-state index contributed by atoms with van der Waals surface area (Å²) in [5.74, 6) is 0.346. The van der Waals surface area contributed by atoms with E-state index < -0.39 is 0 Å². The molecule has 0 bridgehead atoms. The molecule has 29 heavy (non-hydrogen) atoms. The predicted octanol–water partition coefficient (Wildman–Crippen LogP) is 3.69.